The maximum atomic E-state index is 14.2. The van der Waals surface area contributed by atoms with Crippen LogP contribution in [0, 0.1) is 0 Å². The molecule has 0 unspecified atom stereocenters. The van der Waals surface area contributed by atoms with Crippen LogP contribution in [0.15, 0.2) is 135 Å². The highest BCUT2D eigenvalue weighted by Crippen LogP contribution is 2.44. The number of hydrogen-bond donors (Lipinski definition) is 0. The van der Waals surface area contributed by atoms with Gasteiger partial charge in [0.05, 0.1) is 19.6 Å². The predicted molar refractivity (Wildman–Crippen MR) is 140 cm³/mol. The molecule has 0 saturated heterocycles. The number of sulfone groups is 3. The standard InChI is InChI=1S/C27H26O6S3/c1-3-5-21-27(35(30,31)25-17-11-7-12-18-25,36(32,33)26-19-13-8-14-20-26)22-23(4-2)34(28,29)24-15-9-6-10-16-24/h3,5-20H,2,21-22H2,1H3/b5-3-. The first-order valence-electron chi connectivity index (χ1n) is 10.9. The summed E-state index contributed by atoms with van der Waals surface area (Å²) in [5.74, 6) is 0. The van der Waals surface area contributed by atoms with E-state index in [1.165, 1.54) is 84.9 Å². The van der Waals surface area contributed by atoms with Crippen molar-refractivity contribution in [1.29, 1.82) is 0 Å². The zero-order valence-corrected chi connectivity index (χ0v) is 22.1. The SMILES string of the molecule is C=C=C(CC(C/C=C\C)(S(=O)(=O)c1ccccc1)S(=O)(=O)c1ccccc1)S(=O)(=O)c1ccccc1. The van der Waals surface area contributed by atoms with E-state index in [2.05, 4.69) is 12.3 Å². The Morgan fingerprint density at radius 3 is 1.47 bits per heavy atom. The topological polar surface area (TPSA) is 102 Å². The van der Waals surface area contributed by atoms with Crippen LogP contribution in [0.1, 0.15) is 19.8 Å². The molecule has 0 amide bonds. The van der Waals surface area contributed by atoms with Gasteiger partial charge in [-0.25, -0.2) is 25.3 Å². The van der Waals surface area contributed by atoms with Crippen molar-refractivity contribution in [2.75, 3.05) is 0 Å². The molecule has 0 aliphatic carbocycles. The second-order valence-electron chi connectivity index (χ2n) is 7.91. The highest BCUT2D eigenvalue weighted by Gasteiger charge is 2.56. The van der Waals surface area contributed by atoms with Gasteiger partial charge in [-0.15, -0.1) is 5.73 Å². The molecule has 0 N–H and O–H groups in total. The molecular weight excluding hydrogens is 516 g/mol. The molecule has 36 heavy (non-hydrogen) atoms. The molecule has 6 nitrogen and oxygen atoms in total. The summed E-state index contributed by atoms with van der Waals surface area (Å²) in [5, 5.41) is 0. The van der Waals surface area contributed by atoms with Gasteiger partial charge in [0.1, 0.15) is 0 Å². The third-order valence-electron chi connectivity index (χ3n) is 5.76. The lowest BCUT2D eigenvalue weighted by Crippen LogP contribution is -2.47. The van der Waals surface area contributed by atoms with Gasteiger partial charge in [-0.2, -0.15) is 0 Å². The van der Waals surface area contributed by atoms with Crippen LogP contribution in [0.4, 0.5) is 0 Å². The molecule has 188 valence electrons. The number of allylic oxidation sites excluding steroid dienone is 3. The molecule has 3 aromatic rings. The third kappa shape index (κ3) is 4.88. The number of hydrogen-bond acceptors (Lipinski definition) is 6. The van der Waals surface area contributed by atoms with Gasteiger partial charge < -0.3 is 0 Å². The van der Waals surface area contributed by atoms with Crippen molar-refractivity contribution in [2.45, 2.75) is 38.5 Å². The fourth-order valence-corrected chi connectivity index (χ4v) is 10.3. The van der Waals surface area contributed by atoms with Crippen LogP contribution in [-0.4, -0.2) is 29.3 Å². The first-order valence-corrected chi connectivity index (χ1v) is 15.4. The van der Waals surface area contributed by atoms with E-state index in [1.807, 2.05) is 0 Å². The largest absolute Gasteiger partial charge is 0.222 e. The molecular formula is C27H26O6S3. The first kappa shape index (κ1) is 27.4. The van der Waals surface area contributed by atoms with Crippen molar-refractivity contribution in [1.82, 2.24) is 0 Å². The van der Waals surface area contributed by atoms with Crippen molar-refractivity contribution in [3.8, 4) is 0 Å². The summed E-state index contributed by atoms with van der Waals surface area (Å²) < 4.78 is 81.3. The van der Waals surface area contributed by atoms with Gasteiger partial charge >= 0.3 is 0 Å². The molecule has 0 atom stereocenters. The maximum absolute atomic E-state index is 14.2. The molecule has 0 spiro atoms. The second kappa shape index (κ2) is 10.8. The van der Waals surface area contributed by atoms with Gasteiger partial charge in [-0.05, 0) is 43.3 Å². The average molecular weight is 543 g/mol. The molecule has 3 aromatic carbocycles. The van der Waals surface area contributed by atoms with Crippen molar-refractivity contribution >= 4 is 29.5 Å². The molecule has 0 aliphatic heterocycles. The van der Waals surface area contributed by atoms with E-state index in [-0.39, 0.29) is 14.7 Å². The molecule has 0 saturated carbocycles. The minimum Gasteiger partial charge on any atom is -0.222 e. The van der Waals surface area contributed by atoms with Crippen LogP contribution >= 0.6 is 0 Å². The lowest BCUT2D eigenvalue weighted by molar-refractivity contribution is 0.535. The lowest BCUT2D eigenvalue weighted by Gasteiger charge is -2.32. The summed E-state index contributed by atoms with van der Waals surface area (Å²) in [6, 6.07) is 21.7. The maximum Gasteiger partial charge on any atom is 0.210 e. The second-order valence-corrected chi connectivity index (χ2v) is 14.7. The van der Waals surface area contributed by atoms with E-state index in [0.717, 1.165) is 0 Å². The molecule has 3 rings (SSSR count). The molecule has 9 heteroatoms. The summed E-state index contributed by atoms with van der Waals surface area (Å²) in [7, 11) is -13.7. The third-order valence-corrected chi connectivity index (χ3v) is 13.3. The van der Waals surface area contributed by atoms with Crippen molar-refractivity contribution in [2.24, 2.45) is 0 Å². The van der Waals surface area contributed by atoms with Gasteiger partial charge in [0, 0.05) is 12.8 Å². The molecule has 0 aromatic heterocycles. The van der Waals surface area contributed by atoms with E-state index >= 15 is 0 Å². The van der Waals surface area contributed by atoms with Gasteiger partial charge in [0.2, 0.25) is 9.84 Å². The summed E-state index contributed by atoms with van der Waals surface area (Å²) in [6.07, 6.45) is 1.57. The van der Waals surface area contributed by atoms with Crippen LogP contribution in [0.5, 0.6) is 0 Å². The number of benzene rings is 3. The minimum absolute atomic E-state index is 0.120. The van der Waals surface area contributed by atoms with Crippen LogP contribution in [0.2, 0.25) is 0 Å². The Kier molecular flexibility index (Phi) is 8.21. The van der Waals surface area contributed by atoms with E-state index in [1.54, 1.807) is 25.1 Å². The van der Waals surface area contributed by atoms with Crippen LogP contribution in [0.3, 0.4) is 0 Å². The highest BCUT2D eigenvalue weighted by molar-refractivity contribution is 8.10. The van der Waals surface area contributed by atoms with Gasteiger partial charge in [0.25, 0.3) is 0 Å². The molecule has 0 fully saturated rings. The Hall–Kier alpha value is -3.23. The lowest BCUT2D eigenvalue weighted by atomic mass is 10.2. The van der Waals surface area contributed by atoms with Gasteiger partial charge in [-0.1, -0.05) is 73.3 Å². The van der Waals surface area contributed by atoms with Gasteiger partial charge in [0.15, 0.2) is 23.8 Å². The fraction of sp³-hybridized carbons (Fsp3) is 0.148. The van der Waals surface area contributed by atoms with Crippen molar-refractivity contribution in [3.05, 3.63) is 120 Å². The minimum atomic E-state index is -4.68. The molecule has 0 aliphatic rings. The summed E-state index contributed by atoms with van der Waals surface area (Å²) >= 11 is 0. The van der Waals surface area contributed by atoms with E-state index in [9.17, 15) is 25.3 Å². The predicted octanol–water partition coefficient (Wildman–Crippen LogP) is 5.13. The smallest absolute Gasteiger partial charge is 0.210 e. The van der Waals surface area contributed by atoms with Gasteiger partial charge in [-0.3, -0.25) is 0 Å². The Bertz CT molecular complexity index is 1530. The number of rotatable bonds is 10. The fourth-order valence-electron chi connectivity index (χ4n) is 3.79. The highest BCUT2D eigenvalue weighted by atomic mass is 32.3. The summed E-state index contributed by atoms with van der Waals surface area (Å²) in [4.78, 5) is -1.13. The van der Waals surface area contributed by atoms with Crippen LogP contribution < -0.4 is 0 Å². The van der Waals surface area contributed by atoms with E-state index in [0.29, 0.717) is 0 Å². The van der Waals surface area contributed by atoms with E-state index in [4.69, 9.17) is 0 Å². The summed E-state index contributed by atoms with van der Waals surface area (Å²) in [5.41, 5.74) is 2.35. The zero-order chi connectivity index (χ0) is 26.5. The molecule has 0 heterocycles. The van der Waals surface area contributed by atoms with Crippen LogP contribution in [0.25, 0.3) is 0 Å². The summed E-state index contributed by atoms with van der Waals surface area (Å²) in [6.45, 7) is 5.10. The van der Waals surface area contributed by atoms with Crippen LogP contribution in [-0.2, 0) is 29.5 Å². The normalized spacial score (nSPS) is 12.8. The Balaban J connectivity index is 2.40. The zero-order valence-electron chi connectivity index (χ0n) is 19.6. The van der Waals surface area contributed by atoms with Crippen molar-refractivity contribution < 1.29 is 25.3 Å². The first-order chi connectivity index (χ1) is 17.0. The Morgan fingerprint density at radius 1 is 0.722 bits per heavy atom. The van der Waals surface area contributed by atoms with Crippen molar-refractivity contribution in [3.63, 3.8) is 0 Å². The Labute approximate surface area is 213 Å². The quantitative estimate of drug-likeness (QED) is 0.260. The Morgan fingerprint density at radius 2 is 1.11 bits per heavy atom. The monoisotopic (exact) mass is 542 g/mol. The van der Waals surface area contributed by atoms with E-state index < -0.39 is 51.3 Å². The molecule has 0 bridgehead atoms. The molecule has 0 radical (unpaired) electrons. The average Bonchev–Trinajstić information content (AvgIpc) is 2.90.